The van der Waals surface area contributed by atoms with Crippen LogP contribution in [0.1, 0.15) is 24.8 Å². The average Bonchev–Trinajstić information content (AvgIpc) is 2.62. The molecule has 1 amide bonds. The van der Waals surface area contributed by atoms with E-state index in [-0.39, 0.29) is 6.04 Å². The van der Waals surface area contributed by atoms with Crippen molar-refractivity contribution in [2.45, 2.75) is 31.7 Å². The molecule has 1 saturated heterocycles. The van der Waals surface area contributed by atoms with Crippen molar-refractivity contribution in [3.8, 4) is 0 Å². The summed E-state index contributed by atoms with van der Waals surface area (Å²) in [6.07, 6.45) is 3.03. The molecule has 0 bridgehead atoms. The summed E-state index contributed by atoms with van der Waals surface area (Å²) in [6.45, 7) is 0.655. The van der Waals surface area contributed by atoms with Crippen molar-refractivity contribution in [2.24, 2.45) is 0 Å². The third kappa shape index (κ3) is 2.60. The second-order valence-electron chi connectivity index (χ2n) is 6.63. The maximum atomic E-state index is 11.6. The monoisotopic (exact) mass is 319 g/mol. The molecule has 0 aromatic heterocycles. The molecule has 1 heterocycles. The van der Waals surface area contributed by atoms with Crippen LogP contribution in [0.3, 0.4) is 0 Å². The minimum Gasteiger partial charge on any atom is -0.465 e. The minimum absolute atomic E-state index is 0.0745. The van der Waals surface area contributed by atoms with E-state index in [2.05, 4.69) is 54.6 Å². The Morgan fingerprint density at radius 1 is 1.00 bits per heavy atom. The maximum Gasteiger partial charge on any atom is 0.407 e. The Balaban J connectivity index is 1.85. The molecule has 0 spiro atoms. The van der Waals surface area contributed by atoms with Crippen molar-refractivity contribution >= 4 is 27.6 Å². The average molecular weight is 319 g/mol. The van der Waals surface area contributed by atoms with Crippen LogP contribution in [0.15, 0.2) is 54.6 Å². The zero-order chi connectivity index (χ0) is 16.5. The van der Waals surface area contributed by atoms with Gasteiger partial charge >= 0.3 is 6.09 Å². The van der Waals surface area contributed by atoms with E-state index >= 15 is 0 Å². The second kappa shape index (κ2) is 6.16. The van der Waals surface area contributed by atoms with E-state index in [0.29, 0.717) is 6.54 Å². The number of carbonyl (C=O) groups is 1. The van der Waals surface area contributed by atoms with Crippen LogP contribution in [0.5, 0.6) is 0 Å². The van der Waals surface area contributed by atoms with Crippen LogP contribution in [0.25, 0.3) is 21.5 Å². The molecule has 3 nitrogen and oxygen atoms in total. The van der Waals surface area contributed by atoms with Crippen LogP contribution in [-0.4, -0.2) is 28.7 Å². The Morgan fingerprint density at radius 2 is 1.62 bits per heavy atom. The van der Waals surface area contributed by atoms with Gasteiger partial charge in [-0.1, -0.05) is 48.5 Å². The predicted molar refractivity (Wildman–Crippen MR) is 97.5 cm³/mol. The van der Waals surface area contributed by atoms with Crippen molar-refractivity contribution in [1.29, 1.82) is 0 Å². The standard InChI is InChI=1S/C21H21NO2/c23-21(24)22-12-6-5-9-17(22)14-20-18-10-3-1-7-15(18)13-16-8-2-4-11-19(16)20/h1-4,7-8,10-11,13,17H,5-6,9,12,14H2,(H,23,24). The summed E-state index contributed by atoms with van der Waals surface area (Å²) in [5.41, 5.74) is 1.28. The SMILES string of the molecule is O=C(O)N1CCCCC1Cc1c2ccccc2cc2ccccc12. The summed E-state index contributed by atoms with van der Waals surface area (Å²) in [6, 6.07) is 19.1. The Kier molecular flexibility index (Phi) is 3.85. The van der Waals surface area contributed by atoms with Gasteiger partial charge in [0.25, 0.3) is 0 Å². The lowest BCUT2D eigenvalue weighted by molar-refractivity contribution is 0.107. The number of amides is 1. The third-order valence-corrected chi connectivity index (χ3v) is 5.20. The quantitative estimate of drug-likeness (QED) is 0.670. The Bertz CT molecular complexity index is 849. The van der Waals surface area contributed by atoms with Crippen molar-refractivity contribution in [2.75, 3.05) is 6.54 Å². The molecule has 1 aliphatic heterocycles. The fraction of sp³-hybridized carbons (Fsp3) is 0.286. The first-order valence-corrected chi connectivity index (χ1v) is 8.63. The molecule has 3 aromatic rings. The number of piperidine rings is 1. The topological polar surface area (TPSA) is 40.5 Å². The van der Waals surface area contributed by atoms with Gasteiger partial charge in [0.1, 0.15) is 0 Å². The molecule has 0 saturated carbocycles. The molecule has 1 N–H and O–H groups in total. The summed E-state index contributed by atoms with van der Waals surface area (Å²) in [7, 11) is 0. The molecule has 122 valence electrons. The van der Waals surface area contributed by atoms with E-state index in [0.717, 1.165) is 25.7 Å². The van der Waals surface area contributed by atoms with Gasteiger partial charge in [-0.25, -0.2) is 4.79 Å². The number of hydrogen-bond donors (Lipinski definition) is 1. The van der Waals surface area contributed by atoms with Gasteiger partial charge in [0.05, 0.1) is 0 Å². The molecule has 3 aromatic carbocycles. The zero-order valence-electron chi connectivity index (χ0n) is 13.6. The number of likely N-dealkylation sites (tertiary alicyclic amines) is 1. The second-order valence-corrected chi connectivity index (χ2v) is 6.63. The highest BCUT2D eigenvalue weighted by atomic mass is 16.4. The smallest absolute Gasteiger partial charge is 0.407 e. The van der Waals surface area contributed by atoms with Crippen LogP contribution >= 0.6 is 0 Å². The zero-order valence-corrected chi connectivity index (χ0v) is 13.6. The van der Waals surface area contributed by atoms with Gasteiger partial charge in [-0.05, 0) is 58.9 Å². The normalized spacial score (nSPS) is 18.2. The summed E-state index contributed by atoms with van der Waals surface area (Å²) in [5.74, 6) is 0. The minimum atomic E-state index is -0.788. The lowest BCUT2D eigenvalue weighted by Gasteiger charge is -2.34. The summed E-state index contributed by atoms with van der Waals surface area (Å²) in [5, 5.41) is 14.5. The number of nitrogens with zero attached hydrogens (tertiary/aromatic N) is 1. The van der Waals surface area contributed by atoms with Crippen LogP contribution in [-0.2, 0) is 6.42 Å². The molecule has 24 heavy (non-hydrogen) atoms. The lowest BCUT2D eigenvalue weighted by atomic mass is 9.89. The molecule has 1 unspecified atom stereocenters. The number of fused-ring (bicyclic) bond motifs is 2. The fourth-order valence-electron chi connectivity index (χ4n) is 4.03. The van der Waals surface area contributed by atoms with Gasteiger partial charge < -0.3 is 10.0 Å². The summed E-state index contributed by atoms with van der Waals surface area (Å²) in [4.78, 5) is 13.2. The Morgan fingerprint density at radius 3 is 2.25 bits per heavy atom. The Hall–Kier alpha value is -2.55. The molecule has 1 atom stereocenters. The maximum absolute atomic E-state index is 11.6. The van der Waals surface area contributed by atoms with Crippen LogP contribution in [0.4, 0.5) is 4.79 Å². The van der Waals surface area contributed by atoms with E-state index in [1.807, 2.05) is 0 Å². The number of hydrogen-bond acceptors (Lipinski definition) is 1. The molecule has 4 rings (SSSR count). The van der Waals surface area contributed by atoms with E-state index in [1.165, 1.54) is 27.1 Å². The van der Waals surface area contributed by atoms with Crippen LogP contribution < -0.4 is 0 Å². The molecule has 0 radical (unpaired) electrons. The van der Waals surface area contributed by atoms with E-state index in [9.17, 15) is 9.90 Å². The predicted octanol–water partition coefficient (Wildman–Crippen LogP) is 5.07. The van der Waals surface area contributed by atoms with Gasteiger partial charge in [0.15, 0.2) is 0 Å². The largest absolute Gasteiger partial charge is 0.465 e. The van der Waals surface area contributed by atoms with Crippen molar-refractivity contribution in [3.05, 3.63) is 60.2 Å². The van der Waals surface area contributed by atoms with Crippen molar-refractivity contribution < 1.29 is 9.90 Å². The first-order valence-electron chi connectivity index (χ1n) is 8.63. The van der Waals surface area contributed by atoms with Gasteiger partial charge in [-0.2, -0.15) is 0 Å². The number of rotatable bonds is 2. The van der Waals surface area contributed by atoms with Crippen molar-refractivity contribution in [3.63, 3.8) is 0 Å². The molecule has 3 heteroatoms. The fourth-order valence-corrected chi connectivity index (χ4v) is 4.03. The molecule has 0 aliphatic carbocycles. The van der Waals surface area contributed by atoms with Crippen LogP contribution in [0, 0.1) is 0 Å². The first kappa shape index (κ1) is 15.0. The van der Waals surface area contributed by atoms with Gasteiger partial charge in [-0.15, -0.1) is 0 Å². The molecule has 1 aliphatic rings. The third-order valence-electron chi connectivity index (χ3n) is 5.20. The van der Waals surface area contributed by atoms with Gasteiger partial charge in [0.2, 0.25) is 0 Å². The molecular formula is C21H21NO2. The number of carboxylic acid groups (broad SMARTS) is 1. The summed E-state index contributed by atoms with van der Waals surface area (Å²) >= 11 is 0. The molecule has 1 fully saturated rings. The lowest BCUT2D eigenvalue weighted by Crippen LogP contribution is -2.44. The molecular weight excluding hydrogens is 298 g/mol. The van der Waals surface area contributed by atoms with E-state index in [4.69, 9.17) is 0 Å². The highest BCUT2D eigenvalue weighted by Gasteiger charge is 2.27. The number of benzene rings is 3. The highest BCUT2D eigenvalue weighted by Crippen LogP contribution is 2.31. The Labute approximate surface area is 141 Å². The first-order chi connectivity index (χ1) is 11.7. The van der Waals surface area contributed by atoms with E-state index < -0.39 is 6.09 Å². The van der Waals surface area contributed by atoms with E-state index in [1.54, 1.807) is 4.90 Å². The highest BCUT2D eigenvalue weighted by molar-refractivity contribution is 6.02. The van der Waals surface area contributed by atoms with Gasteiger partial charge in [-0.3, -0.25) is 0 Å². The summed E-state index contributed by atoms with van der Waals surface area (Å²) < 4.78 is 0. The van der Waals surface area contributed by atoms with Crippen molar-refractivity contribution in [1.82, 2.24) is 4.90 Å². The van der Waals surface area contributed by atoms with Crippen LogP contribution in [0.2, 0.25) is 0 Å². The van der Waals surface area contributed by atoms with Gasteiger partial charge in [0, 0.05) is 12.6 Å².